The van der Waals surface area contributed by atoms with Crippen LogP contribution in [0.2, 0.25) is 0 Å². The quantitative estimate of drug-likeness (QED) is 0.728. The maximum absolute atomic E-state index is 12.2. The van der Waals surface area contributed by atoms with Crippen LogP contribution in [0.1, 0.15) is 44.6 Å². The highest BCUT2D eigenvalue weighted by Crippen LogP contribution is 2.32. The predicted molar refractivity (Wildman–Crippen MR) is 84.8 cm³/mol. The summed E-state index contributed by atoms with van der Waals surface area (Å²) in [6, 6.07) is 7.63. The molecule has 2 unspecified atom stereocenters. The second-order valence-electron chi connectivity index (χ2n) is 6.43. The smallest absolute Gasteiger partial charge is 0.220 e. The van der Waals surface area contributed by atoms with Gasteiger partial charge in [-0.3, -0.25) is 4.79 Å². The maximum Gasteiger partial charge on any atom is 0.220 e. The molecular formula is C17H26N2O2. The Hall–Kier alpha value is -1.55. The Morgan fingerprint density at radius 2 is 2.33 bits per heavy atom. The van der Waals surface area contributed by atoms with Crippen molar-refractivity contribution in [3.63, 3.8) is 0 Å². The third-order valence-corrected chi connectivity index (χ3v) is 4.39. The lowest BCUT2D eigenvalue weighted by Gasteiger charge is -2.39. The normalized spacial score (nSPS) is 25.5. The fourth-order valence-corrected chi connectivity index (χ4v) is 3.32. The van der Waals surface area contributed by atoms with Crippen molar-refractivity contribution in [3.8, 4) is 0 Å². The molecule has 0 aromatic heterocycles. The van der Waals surface area contributed by atoms with Gasteiger partial charge in [-0.05, 0) is 42.9 Å². The van der Waals surface area contributed by atoms with Crippen LogP contribution in [0.15, 0.2) is 24.3 Å². The molecule has 4 nitrogen and oxygen atoms in total. The SMILES string of the molecule is CC1CCCC(CO)(NC(=O)CCc2cccc(N)c2)C1. The Kier molecular flexibility index (Phi) is 5.23. The minimum Gasteiger partial charge on any atom is -0.399 e. The minimum absolute atomic E-state index is 0.0144. The van der Waals surface area contributed by atoms with Crippen molar-refractivity contribution in [2.75, 3.05) is 12.3 Å². The first-order valence-electron chi connectivity index (χ1n) is 7.79. The van der Waals surface area contributed by atoms with Crippen LogP contribution in [0.4, 0.5) is 5.69 Å². The number of nitrogens with one attached hydrogen (secondary N) is 1. The molecule has 1 fully saturated rings. The van der Waals surface area contributed by atoms with Gasteiger partial charge in [0.05, 0.1) is 12.1 Å². The molecule has 1 aliphatic carbocycles. The van der Waals surface area contributed by atoms with Crippen LogP contribution in [-0.4, -0.2) is 23.2 Å². The lowest BCUT2D eigenvalue weighted by atomic mass is 9.76. The summed E-state index contributed by atoms with van der Waals surface area (Å²) in [5.41, 5.74) is 7.12. The molecule has 0 radical (unpaired) electrons. The zero-order valence-electron chi connectivity index (χ0n) is 12.8. The topological polar surface area (TPSA) is 75.3 Å². The van der Waals surface area contributed by atoms with Gasteiger partial charge in [0.1, 0.15) is 0 Å². The molecule has 4 heteroatoms. The summed E-state index contributed by atoms with van der Waals surface area (Å²) in [6.45, 7) is 2.21. The molecule has 0 aliphatic heterocycles. The van der Waals surface area contributed by atoms with Gasteiger partial charge in [0.15, 0.2) is 0 Å². The van der Waals surface area contributed by atoms with Gasteiger partial charge in [0.2, 0.25) is 5.91 Å². The van der Waals surface area contributed by atoms with Crippen molar-refractivity contribution in [1.29, 1.82) is 0 Å². The average molecular weight is 290 g/mol. The van der Waals surface area contributed by atoms with Gasteiger partial charge in [0.25, 0.3) is 0 Å². The van der Waals surface area contributed by atoms with Gasteiger partial charge in [-0.15, -0.1) is 0 Å². The molecule has 0 spiro atoms. The third-order valence-electron chi connectivity index (χ3n) is 4.39. The van der Waals surface area contributed by atoms with Crippen molar-refractivity contribution in [1.82, 2.24) is 5.32 Å². The van der Waals surface area contributed by atoms with Crippen LogP contribution >= 0.6 is 0 Å². The van der Waals surface area contributed by atoms with Crippen LogP contribution in [0.5, 0.6) is 0 Å². The Bertz CT molecular complexity index is 489. The monoisotopic (exact) mass is 290 g/mol. The van der Waals surface area contributed by atoms with Crippen LogP contribution in [0.25, 0.3) is 0 Å². The highest BCUT2D eigenvalue weighted by atomic mass is 16.3. The minimum atomic E-state index is -0.412. The number of benzene rings is 1. The highest BCUT2D eigenvalue weighted by Gasteiger charge is 2.35. The number of aryl methyl sites for hydroxylation is 1. The second-order valence-corrected chi connectivity index (χ2v) is 6.43. The van der Waals surface area contributed by atoms with Crippen molar-refractivity contribution >= 4 is 11.6 Å². The van der Waals surface area contributed by atoms with Crippen molar-refractivity contribution < 1.29 is 9.90 Å². The lowest BCUT2D eigenvalue weighted by molar-refractivity contribution is -0.124. The molecule has 0 saturated heterocycles. The summed E-state index contributed by atoms with van der Waals surface area (Å²) < 4.78 is 0. The Labute approximate surface area is 126 Å². The lowest BCUT2D eigenvalue weighted by Crippen LogP contribution is -2.53. The van der Waals surface area contributed by atoms with Gasteiger partial charge < -0.3 is 16.2 Å². The number of rotatable bonds is 5. The van der Waals surface area contributed by atoms with Crippen LogP contribution in [-0.2, 0) is 11.2 Å². The Balaban J connectivity index is 1.88. The van der Waals surface area contributed by atoms with Crippen LogP contribution in [0.3, 0.4) is 0 Å². The van der Waals surface area contributed by atoms with E-state index >= 15 is 0 Å². The molecule has 1 aromatic carbocycles. The van der Waals surface area contributed by atoms with E-state index in [2.05, 4.69) is 12.2 Å². The number of anilines is 1. The second kappa shape index (κ2) is 6.94. The number of nitrogen functional groups attached to an aromatic ring is 1. The van der Waals surface area contributed by atoms with E-state index < -0.39 is 5.54 Å². The van der Waals surface area contributed by atoms with Gasteiger partial charge in [-0.2, -0.15) is 0 Å². The van der Waals surface area contributed by atoms with E-state index in [-0.39, 0.29) is 12.5 Å². The summed E-state index contributed by atoms with van der Waals surface area (Å²) in [7, 11) is 0. The van der Waals surface area contributed by atoms with Gasteiger partial charge in [-0.1, -0.05) is 31.9 Å². The number of amides is 1. The molecule has 21 heavy (non-hydrogen) atoms. The van der Waals surface area contributed by atoms with E-state index in [0.29, 0.717) is 18.8 Å². The zero-order valence-corrected chi connectivity index (χ0v) is 12.8. The maximum atomic E-state index is 12.2. The fraction of sp³-hybridized carbons (Fsp3) is 0.588. The summed E-state index contributed by atoms with van der Waals surface area (Å²) in [6.07, 6.45) is 5.09. The standard InChI is InChI=1S/C17H26N2O2/c1-13-4-3-9-17(11-13,12-20)19-16(21)8-7-14-5-2-6-15(18)10-14/h2,5-6,10,13,20H,3-4,7-9,11-12,18H2,1H3,(H,19,21). The summed E-state index contributed by atoms with van der Waals surface area (Å²) in [5.74, 6) is 0.570. The van der Waals surface area contributed by atoms with Crippen molar-refractivity contribution in [2.45, 2.75) is 51.0 Å². The summed E-state index contributed by atoms with van der Waals surface area (Å²) in [5, 5.41) is 12.8. The molecule has 1 aromatic rings. The Morgan fingerprint density at radius 1 is 1.52 bits per heavy atom. The number of aliphatic hydroxyl groups excluding tert-OH is 1. The van der Waals surface area contributed by atoms with Crippen molar-refractivity contribution in [3.05, 3.63) is 29.8 Å². The van der Waals surface area contributed by atoms with Crippen molar-refractivity contribution in [2.24, 2.45) is 5.92 Å². The molecule has 116 valence electrons. The van der Waals surface area contributed by atoms with Gasteiger partial charge in [0, 0.05) is 12.1 Å². The third kappa shape index (κ3) is 4.46. The Morgan fingerprint density at radius 3 is 3.00 bits per heavy atom. The number of hydrogen-bond acceptors (Lipinski definition) is 3. The average Bonchev–Trinajstić information content (AvgIpc) is 2.45. The molecule has 0 heterocycles. The van der Waals surface area contributed by atoms with Crippen LogP contribution in [0, 0.1) is 5.92 Å². The first-order chi connectivity index (χ1) is 10.0. The first-order valence-corrected chi connectivity index (χ1v) is 7.79. The van der Waals surface area contributed by atoms with E-state index in [1.165, 1.54) is 6.42 Å². The van der Waals surface area contributed by atoms with E-state index in [0.717, 1.165) is 30.5 Å². The van der Waals surface area contributed by atoms with Gasteiger partial charge >= 0.3 is 0 Å². The summed E-state index contributed by atoms with van der Waals surface area (Å²) in [4.78, 5) is 12.2. The number of aliphatic hydroxyl groups is 1. The summed E-state index contributed by atoms with van der Waals surface area (Å²) >= 11 is 0. The highest BCUT2D eigenvalue weighted by molar-refractivity contribution is 5.77. The van der Waals surface area contributed by atoms with E-state index in [9.17, 15) is 9.90 Å². The molecule has 1 aliphatic rings. The number of hydrogen-bond donors (Lipinski definition) is 3. The van der Waals surface area contributed by atoms with E-state index in [1.54, 1.807) is 0 Å². The number of carbonyl (C=O) groups excluding carboxylic acids is 1. The molecule has 2 atom stereocenters. The van der Waals surface area contributed by atoms with E-state index in [4.69, 9.17) is 5.73 Å². The van der Waals surface area contributed by atoms with E-state index in [1.807, 2.05) is 24.3 Å². The number of carbonyl (C=O) groups is 1. The number of nitrogens with two attached hydrogens (primary N) is 1. The molecule has 0 bridgehead atoms. The molecule has 1 saturated carbocycles. The van der Waals surface area contributed by atoms with Crippen LogP contribution < -0.4 is 11.1 Å². The molecular weight excluding hydrogens is 264 g/mol. The van der Waals surface area contributed by atoms with Gasteiger partial charge in [-0.25, -0.2) is 0 Å². The molecule has 1 amide bonds. The zero-order chi connectivity index (χ0) is 15.3. The molecule has 2 rings (SSSR count). The fourth-order valence-electron chi connectivity index (χ4n) is 3.32. The molecule has 4 N–H and O–H groups in total. The largest absolute Gasteiger partial charge is 0.399 e. The first kappa shape index (κ1) is 15.8. The predicted octanol–water partition coefficient (Wildman–Crippen LogP) is 2.26.